The molecule has 0 amide bonds. The van der Waals surface area contributed by atoms with Crippen molar-refractivity contribution in [1.29, 1.82) is 0 Å². The first-order chi connectivity index (χ1) is 6.99. The Morgan fingerprint density at radius 2 is 1.69 bits per heavy atom. The Morgan fingerprint density at radius 1 is 1.25 bits per heavy atom. The van der Waals surface area contributed by atoms with Gasteiger partial charge in [0.2, 0.25) is 0 Å². The zero-order valence-electron chi connectivity index (χ0n) is 10.2. The van der Waals surface area contributed by atoms with Crippen molar-refractivity contribution in [2.45, 2.75) is 44.1 Å². The standard InChI is InChI=1S/C11H18O4S/c1-7(2)11(5)9(13)6-8(12)10(3,4)16(11,14)15/h6-7,13H,1-5H3. The van der Waals surface area contributed by atoms with Gasteiger partial charge >= 0.3 is 0 Å². The molecule has 1 atom stereocenters. The predicted octanol–water partition coefficient (Wildman–Crippen LogP) is 1.62. The quantitative estimate of drug-likeness (QED) is 0.763. The number of aliphatic hydroxyl groups excluding tert-OH is 1. The maximum absolute atomic E-state index is 12.4. The molecular formula is C11H18O4S. The van der Waals surface area contributed by atoms with E-state index in [-0.39, 0.29) is 11.7 Å². The highest BCUT2D eigenvalue weighted by Gasteiger charge is 2.59. The van der Waals surface area contributed by atoms with Gasteiger partial charge < -0.3 is 5.11 Å². The number of aliphatic hydroxyl groups is 1. The van der Waals surface area contributed by atoms with Crippen molar-refractivity contribution in [3.05, 3.63) is 11.8 Å². The second-order valence-electron chi connectivity index (χ2n) is 5.17. The van der Waals surface area contributed by atoms with E-state index in [9.17, 15) is 18.3 Å². The molecule has 0 saturated heterocycles. The lowest BCUT2D eigenvalue weighted by atomic mass is 9.92. The Bertz CT molecular complexity index is 456. The van der Waals surface area contributed by atoms with Crippen LogP contribution in [0.4, 0.5) is 0 Å². The third-order valence-electron chi connectivity index (χ3n) is 3.70. The van der Waals surface area contributed by atoms with E-state index in [1.54, 1.807) is 13.8 Å². The molecule has 1 heterocycles. The molecule has 1 N–H and O–H groups in total. The molecule has 0 aliphatic carbocycles. The average Bonchev–Trinajstić information content (AvgIpc) is 2.13. The fourth-order valence-electron chi connectivity index (χ4n) is 1.85. The van der Waals surface area contributed by atoms with E-state index in [4.69, 9.17) is 0 Å². The van der Waals surface area contributed by atoms with Gasteiger partial charge in [0.05, 0.1) is 0 Å². The summed E-state index contributed by atoms with van der Waals surface area (Å²) in [5.74, 6) is -1.23. The molecule has 0 aromatic carbocycles. The summed E-state index contributed by atoms with van der Waals surface area (Å²) in [6.45, 7) is 7.66. The van der Waals surface area contributed by atoms with Crippen molar-refractivity contribution >= 4 is 15.6 Å². The van der Waals surface area contributed by atoms with E-state index in [2.05, 4.69) is 0 Å². The summed E-state index contributed by atoms with van der Waals surface area (Å²) < 4.78 is 21.9. The highest BCUT2D eigenvalue weighted by atomic mass is 32.2. The smallest absolute Gasteiger partial charge is 0.179 e. The molecule has 1 unspecified atom stereocenters. The summed E-state index contributed by atoms with van der Waals surface area (Å²) in [6, 6.07) is 0. The van der Waals surface area contributed by atoms with Gasteiger partial charge in [0, 0.05) is 6.08 Å². The molecule has 1 rings (SSSR count). The molecule has 0 aromatic rings. The predicted molar refractivity (Wildman–Crippen MR) is 62.0 cm³/mol. The second-order valence-corrected chi connectivity index (χ2v) is 8.04. The normalized spacial score (nSPS) is 32.6. The molecular weight excluding hydrogens is 228 g/mol. The van der Waals surface area contributed by atoms with Crippen molar-refractivity contribution in [3.8, 4) is 0 Å². The van der Waals surface area contributed by atoms with Crippen LogP contribution in [-0.2, 0) is 14.6 Å². The highest BCUT2D eigenvalue weighted by Crippen LogP contribution is 2.43. The number of sulfone groups is 1. The van der Waals surface area contributed by atoms with Gasteiger partial charge in [-0.3, -0.25) is 4.79 Å². The maximum Gasteiger partial charge on any atom is 0.179 e. The SMILES string of the molecule is CC(C)C1(C)C(O)=CC(=O)C(C)(C)S1(=O)=O. The Balaban J connectivity index is 3.66. The number of hydrogen-bond donors (Lipinski definition) is 1. The van der Waals surface area contributed by atoms with E-state index in [1.165, 1.54) is 20.8 Å². The summed E-state index contributed by atoms with van der Waals surface area (Å²) >= 11 is 0. The van der Waals surface area contributed by atoms with Crippen LogP contribution >= 0.6 is 0 Å². The van der Waals surface area contributed by atoms with Crippen molar-refractivity contribution in [3.63, 3.8) is 0 Å². The molecule has 1 aliphatic heterocycles. The lowest BCUT2D eigenvalue weighted by Gasteiger charge is -2.41. The minimum Gasteiger partial charge on any atom is -0.511 e. The summed E-state index contributed by atoms with van der Waals surface area (Å²) in [4.78, 5) is 11.6. The molecule has 5 heteroatoms. The monoisotopic (exact) mass is 246 g/mol. The molecule has 16 heavy (non-hydrogen) atoms. The summed E-state index contributed by atoms with van der Waals surface area (Å²) in [5, 5.41) is 9.80. The summed E-state index contributed by atoms with van der Waals surface area (Å²) in [7, 11) is -3.77. The largest absolute Gasteiger partial charge is 0.511 e. The number of allylic oxidation sites excluding steroid dienone is 1. The molecule has 0 fully saturated rings. The molecule has 0 saturated carbocycles. The zero-order valence-corrected chi connectivity index (χ0v) is 11.1. The van der Waals surface area contributed by atoms with Crippen LogP contribution in [0.3, 0.4) is 0 Å². The number of hydrogen-bond acceptors (Lipinski definition) is 4. The highest BCUT2D eigenvalue weighted by molar-refractivity contribution is 7.95. The van der Waals surface area contributed by atoms with Crippen LogP contribution in [-0.4, -0.2) is 28.8 Å². The van der Waals surface area contributed by atoms with E-state index < -0.39 is 25.1 Å². The third-order valence-corrected chi connectivity index (χ3v) is 7.04. The van der Waals surface area contributed by atoms with Crippen LogP contribution in [0.5, 0.6) is 0 Å². The first-order valence-corrected chi connectivity index (χ1v) is 6.67. The minimum absolute atomic E-state index is 0.305. The van der Waals surface area contributed by atoms with Crippen LogP contribution in [0.2, 0.25) is 0 Å². The van der Waals surface area contributed by atoms with Gasteiger partial charge in [0.15, 0.2) is 15.6 Å². The first-order valence-electron chi connectivity index (χ1n) is 5.19. The molecule has 0 bridgehead atoms. The number of ketones is 1. The first kappa shape index (κ1) is 13.2. The fraction of sp³-hybridized carbons (Fsp3) is 0.727. The van der Waals surface area contributed by atoms with Crippen LogP contribution in [0.15, 0.2) is 11.8 Å². The third kappa shape index (κ3) is 1.27. The van der Waals surface area contributed by atoms with Gasteiger partial charge in [-0.2, -0.15) is 0 Å². The molecule has 0 spiro atoms. The van der Waals surface area contributed by atoms with Gasteiger partial charge in [-0.15, -0.1) is 0 Å². The van der Waals surface area contributed by atoms with E-state index >= 15 is 0 Å². The summed E-state index contributed by atoms with van der Waals surface area (Å²) in [5.41, 5.74) is 0. The zero-order chi connectivity index (χ0) is 12.9. The maximum atomic E-state index is 12.4. The molecule has 4 nitrogen and oxygen atoms in total. The molecule has 92 valence electrons. The van der Waals surface area contributed by atoms with Gasteiger partial charge in [-0.05, 0) is 26.7 Å². The number of carbonyl (C=O) groups excluding carboxylic acids is 1. The molecule has 1 aliphatic rings. The van der Waals surface area contributed by atoms with Crippen molar-refractivity contribution in [2.24, 2.45) is 5.92 Å². The molecule has 0 aromatic heterocycles. The molecule has 0 radical (unpaired) electrons. The van der Waals surface area contributed by atoms with Crippen LogP contribution in [0.25, 0.3) is 0 Å². The van der Waals surface area contributed by atoms with Crippen LogP contribution in [0.1, 0.15) is 34.6 Å². The number of rotatable bonds is 1. The second kappa shape index (κ2) is 3.32. The lowest BCUT2D eigenvalue weighted by molar-refractivity contribution is -0.116. The Labute approximate surface area is 96.3 Å². The average molecular weight is 246 g/mol. The Hall–Kier alpha value is -0.840. The van der Waals surface area contributed by atoms with Gasteiger partial charge in [0.25, 0.3) is 0 Å². The fourth-order valence-corrected chi connectivity index (χ4v) is 4.19. The Morgan fingerprint density at radius 3 is 2.06 bits per heavy atom. The van der Waals surface area contributed by atoms with E-state index in [0.29, 0.717) is 0 Å². The lowest BCUT2D eigenvalue weighted by Crippen LogP contribution is -2.58. The van der Waals surface area contributed by atoms with Gasteiger partial charge in [-0.25, -0.2) is 8.42 Å². The number of carbonyl (C=O) groups is 1. The Kier molecular flexibility index (Phi) is 2.75. The van der Waals surface area contributed by atoms with E-state index in [0.717, 1.165) is 6.08 Å². The van der Waals surface area contributed by atoms with Crippen molar-refractivity contribution < 1.29 is 18.3 Å². The minimum atomic E-state index is -3.77. The van der Waals surface area contributed by atoms with Crippen molar-refractivity contribution in [2.75, 3.05) is 0 Å². The van der Waals surface area contributed by atoms with Crippen LogP contribution in [0, 0.1) is 5.92 Å². The topological polar surface area (TPSA) is 71.4 Å². The summed E-state index contributed by atoms with van der Waals surface area (Å²) in [6.07, 6.45) is 1.04. The van der Waals surface area contributed by atoms with Crippen LogP contribution < -0.4 is 0 Å². The van der Waals surface area contributed by atoms with Gasteiger partial charge in [-0.1, -0.05) is 13.8 Å². The van der Waals surface area contributed by atoms with Gasteiger partial charge in [0.1, 0.15) is 15.3 Å². The van der Waals surface area contributed by atoms with Crippen molar-refractivity contribution in [1.82, 2.24) is 0 Å². The van der Waals surface area contributed by atoms with E-state index in [1.807, 2.05) is 0 Å².